The summed E-state index contributed by atoms with van der Waals surface area (Å²) in [6.45, 7) is 4.02. The van der Waals surface area contributed by atoms with Crippen molar-refractivity contribution >= 4 is 50.9 Å². The lowest BCUT2D eigenvalue weighted by Gasteiger charge is -2.10. The molecule has 1 N–H and O–H groups in total. The molecule has 3 rings (SSSR count). The first-order valence-electron chi connectivity index (χ1n) is 7.73. The maximum Gasteiger partial charge on any atom is 0.242 e. The summed E-state index contributed by atoms with van der Waals surface area (Å²) in [6, 6.07) is 5.76. The van der Waals surface area contributed by atoms with Gasteiger partial charge in [-0.05, 0) is 37.1 Å². The molecule has 130 valence electrons. The van der Waals surface area contributed by atoms with Crippen molar-refractivity contribution in [3.05, 3.63) is 40.9 Å². The molecule has 1 aromatic carbocycles. The lowest BCUT2D eigenvalue weighted by atomic mass is 10.1. The summed E-state index contributed by atoms with van der Waals surface area (Å²) in [6.07, 6.45) is 1.78. The highest BCUT2D eigenvalue weighted by molar-refractivity contribution is 8.15. The van der Waals surface area contributed by atoms with E-state index in [2.05, 4.69) is 15.3 Å². The SMILES string of the molecule is Cc1ccc(NC(=O)CC2S/C(=N\c3nccs3)N(C)C2=O)cc1C. The van der Waals surface area contributed by atoms with Crippen LogP contribution in [0.2, 0.25) is 0 Å². The van der Waals surface area contributed by atoms with E-state index in [1.807, 2.05) is 37.4 Å². The minimum Gasteiger partial charge on any atom is -0.326 e. The molecule has 2 aromatic rings. The van der Waals surface area contributed by atoms with Crippen molar-refractivity contribution in [1.82, 2.24) is 9.88 Å². The molecule has 8 heteroatoms. The van der Waals surface area contributed by atoms with Gasteiger partial charge in [-0.1, -0.05) is 17.8 Å². The quantitative estimate of drug-likeness (QED) is 0.890. The van der Waals surface area contributed by atoms with Crippen LogP contribution in [0.15, 0.2) is 34.8 Å². The van der Waals surface area contributed by atoms with Crippen molar-refractivity contribution in [3.8, 4) is 0 Å². The summed E-state index contributed by atoms with van der Waals surface area (Å²) < 4.78 is 0. The molecular formula is C17H18N4O2S2. The number of hydrogen-bond donors (Lipinski definition) is 1. The van der Waals surface area contributed by atoms with Crippen LogP contribution in [0.5, 0.6) is 0 Å². The van der Waals surface area contributed by atoms with Crippen LogP contribution in [0, 0.1) is 13.8 Å². The van der Waals surface area contributed by atoms with E-state index < -0.39 is 5.25 Å². The average Bonchev–Trinajstić information content (AvgIpc) is 3.16. The number of aromatic nitrogens is 1. The summed E-state index contributed by atoms with van der Waals surface area (Å²) >= 11 is 2.71. The van der Waals surface area contributed by atoms with Crippen molar-refractivity contribution in [1.29, 1.82) is 0 Å². The highest BCUT2D eigenvalue weighted by atomic mass is 32.2. The van der Waals surface area contributed by atoms with Crippen molar-refractivity contribution in [3.63, 3.8) is 0 Å². The number of aliphatic imine (C=N–C) groups is 1. The van der Waals surface area contributed by atoms with Crippen molar-refractivity contribution in [2.45, 2.75) is 25.5 Å². The number of rotatable bonds is 4. The second kappa shape index (κ2) is 7.37. The van der Waals surface area contributed by atoms with E-state index in [-0.39, 0.29) is 18.2 Å². The smallest absolute Gasteiger partial charge is 0.242 e. The van der Waals surface area contributed by atoms with Gasteiger partial charge in [-0.15, -0.1) is 11.3 Å². The topological polar surface area (TPSA) is 74.7 Å². The number of amides is 2. The number of hydrogen-bond acceptors (Lipinski definition) is 6. The Kier molecular flexibility index (Phi) is 5.19. The Hall–Kier alpha value is -2.19. The summed E-state index contributed by atoms with van der Waals surface area (Å²) in [5, 5.41) is 5.40. The monoisotopic (exact) mass is 374 g/mol. The van der Waals surface area contributed by atoms with Gasteiger partial charge in [0.2, 0.25) is 16.9 Å². The van der Waals surface area contributed by atoms with Crippen molar-refractivity contribution in [2.24, 2.45) is 4.99 Å². The van der Waals surface area contributed by atoms with E-state index in [0.29, 0.717) is 10.3 Å². The Balaban J connectivity index is 1.65. The highest BCUT2D eigenvalue weighted by Gasteiger charge is 2.37. The molecule has 0 radical (unpaired) electrons. The molecule has 1 unspecified atom stereocenters. The van der Waals surface area contributed by atoms with Crippen LogP contribution < -0.4 is 5.32 Å². The van der Waals surface area contributed by atoms with Crippen LogP contribution in [-0.2, 0) is 9.59 Å². The first kappa shape index (κ1) is 17.6. The van der Waals surface area contributed by atoms with E-state index in [0.717, 1.165) is 11.3 Å². The zero-order valence-corrected chi connectivity index (χ0v) is 15.8. The Morgan fingerprint density at radius 3 is 2.84 bits per heavy atom. The molecule has 1 aromatic heterocycles. The number of carbonyl (C=O) groups is 2. The number of amidine groups is 1. The Bertz CT molecular complexity index is 833. The Morgan fingerprint density at radius 2 is 2.16 bits per heavy atom. The third kappa shape index (κ3) is 4.08. The Labute approximate surface area is 154 Å². The van der Waals surface area contributed by atoms with Crippen LogP contribution >= 0.6 is 23.1 Å². The molecule has 1 aliphatic heterocycles. The lowest BCUT2D eigenvalue weighted by Crippen LogP contribution is -2.30. The number of thioether (sulfide) groups is 1. The zero-order chi connectivity index (χ0) is 18.0. The second-order valence-electron chi connectivity index (χ2n) is 5.76. The number of benzene rings is 1. The number of aryl methyl sites for hydroxylation is 2. The summed E-state index contributed by atoms with van der Waals surface area (Å²) in [5.41, 5.74) is 3.03. The molecule has 2 heterocycles. The standard InChI is InChI=1S/C17H18N4O2S2/c1-10-4-5-12(8-11(10)2)19-14(22)9-13-15(23)21(3)17(25-13)20-16-18-6-7-24-16/h4-8,13H,9H2,1-3H3,(H,19,22)/b20-17-. The number of anilines is 1. The molecule has 0 saturated carbocycles. The molecule has 1 fully saturated rings. The van der Waals surface area contributed by atoms with Crippen molar-refractivity contribution < 1.29 is 9.59 Å². The molecule has 6 nitrogen and oxygen atoms in total. The van der Waals surface area contributed by atoms with Gasteiger partial charge in [-0.25, -0.2) is 4.98 Å². The first-order chi connectivity index (χ1) is 11.9. The van der Waals surface area contributed by atoms with Gasteiger partial charge >= 0.3 is 0 Å². The van der Waals surface area contributed by atoms with Crippen LogP contribution in [-0.4, -0.2) is 39.2 Å². The van der Waals surface area contributed by atoms with Gasteiger partial charge in [0.05, 0.1) is 0 Å². The predicted molar refractivity (Wildman–Crippen MR) is 103 cm³/mol. The molecule has 0 aliphatic carbocycles. The van der Waals surface area contributed by atoms with E-state index in [1.54, 1.807) is 13.2 Å². The van der Waals surface area contributed by atoms with Crippen molar-refractivity contribution in [2.75, 3.05) is 12.4 Å². The minimum absolute atomic E-state index is 0.109. The molecule has 0 bridgehead atoms. The highest BCUT2D eigenvalue weighted by Crippen LogP contribution is 2.31. The van der Waals surface area contributed by atoms with Gasteiger partial charge in [-0.3, -0.25) is 14.5 Å². The van der Waals surface area contributed by atoms with Gasteiger partial charge in [0.25, 0.3) is 0 Å². The van der Waals surface area contributed by atoms with Crippen LogP contribution in [0.25, 0.3) is 0 Å². The summed E-state index contributed by atoms with van der Waals surface area (Å²) in [7, 11) is 1.67. The van der Waals surface area contributed by atoms with E-state index in [4.69, 9.17) is 0 Å². The average molecular weight is 374 g/mol. The van der Waals surface area contributed by atoms with Gasteiger partial charge in [0.15, 0.2) is 5.17 Å². The third-order valence-electron chi connectivity index (χ3n) is 3.91. The number of nitrogens with one attached hydrogen (secondary N) is 1. The molecule has 0 spiro atoms. The normalized spacial score (nSPS) is 18.8. The maximum atomic E-state index is 12.4. The Morgan fingerprint density at radius 1 is 1.36 bits per heavy atom. The fraction of sp³-hybridized carbons (Fsp3) is 0.294. The maximum absolute atomic E-state index is 12.4. The number of carbonyl (C=O) groups excluding carboxylic acids is 2. The van der Waals surface area contributed by atoms with Gasteiger partial charge in [0, 0.05) is 30.7 Å². The molecule has 2 amide bonds. The molecular weight excluding hydrogens is 356 g/mol. The van der Waals surface area contributed by atoms with Gasteiger partial charge < -0.3 is 5.32 Å². The lowest BCUT2D eigenvalue weighted by molar-refractivity contribution is -0.127. The minimum atomic E-state index is -0.463. The zero-order valence-electron chi connectivity index (χ0n) is 14.1. The fourth-order valence-electron chi connectivity index (χ4n) is 2.35. The molecule has 1 saturated heterocycles. The summed E-state index contributed by atoms with van der Waals surface area (Å²) in [5.74, 6) is -0.298. The second-order valence-corrected chi connectivity index (χ2v) is 7.81. The largest absolute Gasteiger partial charge is 0.326 e. The molecule has 1 aliphatic rings. The third-order valence-corrected chi connectivity index (χ3v) is 5.81. The van der Waals surface area contributed by atoms with Crippen LogP contribution in [0.4, 0.5) is 10.8 Å². The van der Waals surface area contributed by atoms with E-state index in [9.17, 15) is 9.59 Å². The van der Waals surface area contributed by atoms with E-state index >= 15 is 0 Å². The van der Waals surface area contributed by atoms with Crippen LogP contribution in [0.1, 0.15) is 17.5 Å². The number of nitrogens with zero attached hydrogens (tertiary/aromatic N) is 3. The van der Waals surface area contributed by atoms with Gasteiger partial charge in [0.1, 0.15) is 5.25 Å². The predicted octanol–water partition coefficient (Wildman–Crippen LogP) is 3.35. The molecule has 25 heavy (non-hydrogen) atoms. The number of thiazole rings is 1. The summed E-state index contributed by atoms with van der Waals surface area (Å²) in [4.78, 5) is 34.6. The van der Waals surface area contributed by atoms with E-state index in [1.165, 1.54) is 33.6 Å². The fourth-order valence-corrected chi connectivity index (χ4v) is 4.05. The first-order valence-corrected chi connectivity index (χ1v) is 9.49. The van der Waals surface area contributed by atoms with Crippen LogP contribution in [0.3, 0.4) is 0 Å². The van der Waals surface area contributed by atoms with Gasteiger partial charge in [-0.2, -0.15) is 4.99 Å². The molecule has 1 atom stereocenters.